The van der Waals surface area contributed by atoms with Gasteiger partial charge in [0.2, 0.25) is 0 Å². The number of hydrogen-bond donors (Lipinski definition) is 0. The number of anilines is 3. The summed E-state index contributed by atoms with van der Waals surface area (Å²) in [5.74, 6) is 0. The molecule has 53 heavy (non-hydrogen) atoms. The Morgan fingerprint density at radius 2 is 0.830 bits per heavy atom. The Bertz CT molecular complexity index is 2730. The van der Waals surface area contributed by atoms with E-state index in [4.69, 9.17) is 0 Å². The quantitative estimate of drug-likeness (QED) is 0.175. The maximum atomic E-state index is 2.42. The molecule has 1 heteroatoms. The predicted molar refractivity (Wildman–Crippen MR) is 225 cm³/mol. The van der Waals surface area contributed by atoms with Crippen molar-refractivity contribution in [3.05, 3.63) is 198 Å². The first-order valence-electron chi connectivity index (χ1n) is 18.8. The average molecular weight is 680 g/mol. The van der Waals surface area contributed by atoms with Gasteiger partial charge < -0.3 is 4.90 Å². The molecule has 0 saturated carbocycles. The lowest BCUT2D eigenvalue weighted by Crippen LogP contribution is -2.15. The first-order chi connectivity index (χ1) is 25.8. The normalized spacial score (nSPS) is 14.3. The number of fused-ring (bicyclic) bond motifs is 7. The molecule has 1 nitrogen and oxygen atoms in total. The van der Waals surface area contributed by atoms with E-state index in [1.807, 2.05) is 0 Å². The molecule has 8 aromatic rings. The van der Waals surface area contributed by atoms with Gasteiger partial charge in [0.1, 0.15) is 0 Å². The van der Waals surface area contributed by atoms with Crippen molar-refractivity contribution in [2.24, 2.45) is 0 Å². The molecule has 10 rings (SSSR count). The summed E-state index contributed by atoms with van der Waals surface area (Å²) >= 11 is 0. The lowest BCUT2D eigenvalue weighted by molar-refractivity contribution is 0.660. The van der Waals surface area contributed by atoms with E-state index >= 15 is 0 Å². The van der Waals surface area contributed by atoms with Gasteiger partial charge in [0.25, 0.3) is 0 Å². The van der Waals surface area contributed by atoms with E-state index in [9.17, 15) is 0 Å². The van der Waals surface area contributed by atoms with Gasteiger partial charge in [0.05, 0.1) is 0 Å². The second kappa shape index (κ2) is 11.7. The van der Waals surface area contributed by atoms with Crippen molar-refractivity contribution in [2.45, 2.75) is 38.5 Å². The molecule has 0 amide bonds. The topological polar surface area (TPSA) is 3.24 Å². The molecule has 0 fully saturated rings. The van der Waals surface area contributed by atoms with Crippen molar-refractivity contribution >= 4 is 27.8 Å². The summed E-state index contributed by atoms with van der Waals surface area (Å²) in [7, 11) is 0. The monoisotopic (exact) mass is 679 g/mol. The van der Waals surface area contributed by atoms with Crippen molar-refractivity contribution in [1.29, 1.82) is 0 Å². The summed E-state index contributed by atoms with van der Waals surface area (Å²) in [5.41, 5.74) is 19.1. The summed E-state index contributed by atoms with van der Waals surface area (Å²) in [6, 6.07) is 65.4. The molecule has 0 spiro atoms. The van der Waals surface area contributed by atoms with Crippen LogP contribution in [0.25, 0.3) is 55.3 Å². The van der Waals surface area contributed by atoms with Crippen LogP contribution < -0.4 is 4.90 Å². The maximum Gasteiger partial charge on any atom is 0.0468 e. The molecule has 0 atom stereocenters. The zero-order chi connectivity index (χ0) is 35.9. The first kappa shape index (κ1) is 31.5. The van der Waals surface area contributed by atoms with Gasteiger partial charge in [-0.3, -0.25) is 0 Å². The highest BCUT2D eigenvalue weighted by atomic mass is 15.1. The van der Waals surface area contributed by atoms with Gasteiger partial charge in [0, 0.05) is 27.9 Å². The van der Waals surface area contributed by atoms with Crippen molar-refractivity contribution in [3.8, 4) is 44.5 Å². The lowest BCUT2D eigenvalue weighted by atomic mass is 9.81. The van der Waals surface area contributed by atoms with E-state index in [1.165, 1.54) is 77.5 Å². The second-order valence-electron chi connectivity index (χ2n) is 15.8. The van der Waals surface area contributed by atoms with Gasteiger partial charge in [-0.25, -0.2) is 0 Å². The van der Waals surface area contributed by atoms with E-state index in [2.05, 4.69) is 209 Å². The van der Waals surface area contributed by atoms with Crippen LogP contribution in [-0.2, 0) is 10.8 Å². The molecule has 0 aliphatic heterocycles. The summed E-state index contributed by atoms with van der Waals surface area (Å²) in [4.78, 5) is 2.42. The van der Waals surface area contributed by atoms with E-state index in [1.54, 1.807) is 0 Å². The van der Waals surface area contributed by atoms with Crippen molar-refractivity contribution < 1.29 is 0 Å². The van der Waals surface area contributed by atoms with Gasteiger partial charge in [-0.15, -0.1) is 0 Å². The SMILES string of the molecule is CC1(C)c2ccccc2-c2cc(N(c3ccc(-c4ccc5c(c4)C(C)(C)c4ccccc4-5)cc3)c3cccc(-c4ccc5ccccc5c4)c3)ccc21. The summed E-state index contributed by atoms with van der Waals surface area (Å²) in [6.45, 7) is 9.40. The molecule has 0 unspecified atom stereocenters. The highest BCUT2D eigenvalue weighted by Gasteiger charge is 2.36. The molecule has 0 bridgehead atoms. The van der Waals surface area contributed by atoms with Crippen LogP contribution >= 0.6 is 0 Å². The minimum atomic E-state index is -0.0429. The minimum absolute atomic E-state index is 0.0323. The van der Waals surface area contributed by atoms with Crippen molar-refractivity contribution in [2.75, 3.05) is 4.90 Å². The number of benzene rings is 8. The fourth-order valence-electron chi connectivity index (χ4n) is 9.17. The van der Waals surface area contributed by atoms with Gasteiger partial charge in [-0.05, 0) is 126 Å². The molecule has 254 valence electrons. The van der Waals surface area contributed by atoms with Crippen molar-refractivity contribution in [3.63, 3.8) is 0 Å². The molecule has 0 N–H and O–H groups in total. The van der Waals surface area contributed by atoms with Crippen LogP contribution in [0, 0.1) is 0 Å². The van der Waals surface area contributed by atoms with E-state index in [-0.39, 0.29) is 10.8 Å². The Balaban J connectivity index is 1.09. The largest absolute Gasteiger partial charge is 0.310 e. The van der Waals surface area contributed by atoms with Crippen LogP contribution in [0.2, 0.25) is 0 Å². The first-order valence-corrected chi connectivity index (χ1v) is 18.8. The van der Waals surface area contributed by atoms with Gasteiger partial charge >= 0.3 is 0 Å². The molecular formula is C52H41N. The van der Waals surface area contributed by atoms with Crippen LogP contribution in [0.15, 0.2) is 176 Å². The van der Waals surface area contributed by atoms with Crippen LogP contribution in [0.5, 0.6) is 0 Å². The second-order valence-corrected chi connectivity index (χ2v) is 15.8. The van der Waals surface area contributed by atoms with Crippen LogP contribution in [-0.4, -0.2) is 0 Å². The Hall–Kier alpha value is -6.18. The molecule has 2 aliphatic rings. The zero-order valence-corrected chi connectivity index (χ0v) is 30.7. The molecule has 0 radical (unpaired) electrons. The summed E-state index contributed by atoms with van der Waals surface area (Å²) in [6.07, 6.45) is 0. The Kier molecular flexibility index (Phi) is 6.94. The molecular weight excluding hydrogens is 639 g/mol. The summed E-state index contributed by atoms with van der Waals surface area (Å²) in [5, 5.41) is 2.51. The fraction of sp³-hybridized carbons (Fsp3) is 0.115. The Morgan fingerprint density at radius 1 is 0.302 bits per heavy atom. The average Bonchev–Trinajstić information content (AvgIpc) is 3.57. The van der Waals surface area contributed by atoms with E-state index in [0.29, 0.717) is 0 Å². The highest BCUT2D eigenvalue weighted by Crippen LogP contribution is 2.52. The molecule has 0 saturated heterocycles. The number of hydrogen-bond acceptors (Lipinski definition) is 1. The van der Waals surface area contributed by atoms with E-state index < -0.39 is 0 Å². The molecule has 0 heterocycles. The van der Waals surface area contributed by atoms with Crippen molar-refractivity contribution in [1.82, 2.24) is 0 Å². The van der Waals surface area contributed by atoms with Crippen LogP contribution in [0.4, 0.5) is 17.1 Å². The molecule has 2 aliphatic carbocycles. The zero-order valence-electron chi connectivity index (χ0n) is 30.7. The van der Waals surface area contributed by atoms with Gasteiger partial charge in [0.15, 0.2) is 0 Å². The Labute approximate surface area is 312 Å². The maximum absolute atomic E-state index is 2.42. The Morgan fingerprint density at radius 3 is 1.60 bits per heavy atom. The van der Waals surface area contributed by atoms with Gasteiger partial charge in [-0.2, -0.15) is 0 Å². The highest BCUT2D eigenvalue weighted by molar-refractivity contribution is 5.90. The van der Waals surface area contributed by atoms with Crippen LogP contribution in [0.3, 0.4) is 0 Å². The predicted octanol–water partition coefficient (Wildman–Crippen LogP) is 14.3. The third-order valence-electron chi connectivity index (χ3n) is 12.1. The number of nitrogens with zero attached hydrogens (tertiary/aromatic N) is 1. The third kappa shape index (κ3) is 4.91. The minimum Gasteiger partial charge on any atom is -0.310 e. The van der Waals surface area contributed by atoms with E-state index in [0.717, 1.165) is 17.1 Å². The lowest BCUT2D eigenvalue weighted by Gasteiger charge is -2.28. The van der Waals surface area contributed by atoms with Gasteiger partial charge in [-0.1, -0.05) is 155 Å². The van der Waals surface area contributed by atoms with Crippen LogP contribution in [0.1, 0.15) is 49.9 Å². The number of rotatable bonds is 5. The standard InChI is InChI=1S/C52H41N/c1-51(2)48-19-10-8-17-44(48)46-33-42(27-29-49(46)51)53(41-15-11-14-37(31-41)38-21-20-34-12-5-6-13-36(34)30-38)40-25-22-35(23-26-40)39-24-28-45-43-16-7-9-18-47(43)52(3,4)50(45)32-39/h5-33H,1-4H3. The smallest absolute Gasteiger partial charge is 0.0468 e. The third-order valence-corrected chi connectivity index (χ3v) is 12.1. The fourth-order valence-corrected chi connectivity index (χ4v) is 9.17. The molecule has 8 aromatic carbocycles. The summed E-state index contributed by atoms with van der Waals surface area (Å²) < 4.78 is 0. The molecule has 0 aromatic heterocycles.